The Labute approximate surface area is 351 Å². The van der Waals surface area contributed by atoms with E-state index in [0.717, 1.165) is 37.2 Å². The summed E-state index contributed by atoms with van der Waals surface area (Å²) in [5.74, 6) is 1.51. The molecule has 7 aromatic rings. The van der Waals surface area contributed by atoms with E-state index in [1.54, 1.807) is 0 Å². The van der Waals surface area contributed by atoms with E-state index in [1.807, 2.05) is 0 Å². The maximum absolute atomic E-state index is 5.08. The molecule has 0 saturated carbocycles. The van der Waals surface area contributed by atoms with E-state index >= 15 is 0 Å². The second kappa shape index (κ2) is 14.2. The average Bonchev–Trinajstić information content (AvgIpc) is 3.70. The lowest BCUT2D eigenvalue weighted by molar-refractivity contribution is -0.567. The molecule has 2 atom stereocenters. The highest BCUT2D eigenvalue weighted by atomic mass is 28.3. The Hall–Kier alpha value is -5.84. The van der Waals surface area contributed by atoms with Gasteiger partial charge < -0.3 is 0 Å². The molecule has 3 aliphatic rings. The van der Waals surface area contributed by atoms with Gasteiger partial charge in [0.15, 0.2) is 17.1 Å². The molecule has 0 spiro atoms. The Morgan fingerprint density at radius 3 is 2.17 bits per heavy atom. The first-order chi connectivity index (χ1) is 28.5. The van der Waals surface area contributed by atoms with Crippen molar-refractivity contribution < 1.29 is 9.14 Å². The number of nitrogens with zero attached hydrogens (tertiary/aromatic N) is 3. The molecule has 0 bridgehead atoms. The molecule has 10 rings (SSSR count). The number of hydrogen-bond donors (Lipinski definition) is 0. The van der Waals surface area contributed by atoms with E-state index in [4.69, 9.17) is 6.58 Å². The summed E-state index contributed by atoms with van der Waals surface area (Å²) >= 11 is 0. The fourth-order valence-corrected chi connectivity index (χ4v) is 11.6. The third-order valence-corrected chi connectivity index (χ3v) is 15.4. The fraction of sp³-hybridized carbons (Fsp3) is 0.236. The highest BCUT2D eigenvalue weighted by Gasteiger charge is 2.45. The normalized spacial score (nSPS) is 18.0. The largest absolute Gasteiger partial charge is 0.300 e. The summed E-state index contributed by atoms with van der Waals surface area (Å²) in [6.45, 7) is 22.9. The molecule has 4 heteroatoms. The van der Waals surface area contributed by atoms with Gasteiger partial charge in [-0.15, -0.1) is 0 Å². The van der Waals surface area contributed by atoms with Gasteiger partial charge in [-0.1, -0.05) is 150 Å². The molecular formula is C55H55N3Si+2. The maximum atomic E-state index is 5.08. The van der Waals surface area contributed by atoms with Crippen LogP contribution < -0.4 is 4.57 Å². The van der Waals surface area contributed by atoms with E-state index in [9.17, 15) is 0 Å². The van der Waals surface area contributed by atoms with Crippen LogP contribution in [0.3, 0.4) is 0 Å². The van der Waals surface area contributed by atoms with Gasteiger partial charge in [0.05, 0.1) is 20.1 Å². The highest BCUT2D eigenvalue weighted by molar-refractivity contribution is 6.76. The molecule has 3 nitrogen and oxygen atoms in total. The summed E-state index contributed by atoms with van der Waals surface area (Å²) in [6, 6.07) is 53.7. The standard InChI is InChI=1S/C55H55N3Si/c1-8-50-44-22-13-12-20-42(44)45-31-28-40-35-49-47(43-21-14-15-23-48(43)55(49,3)4)36-46(40)54-57(37(2)34-53(45)56(50)32-33-59(5,6)7)51-24-16-17-25-52(51)58(54)41-29-26-39(27-30-41)38-18-10-9-11-19-38/h8-27,29-30,35-36,45,53H,1-2,28,31-34H2,3-7H3/q+2. The van der Waals surface area contributed by atoms with Crippen LogP contribution in [-0.4, -0.2) is 35.5 Å². The van der Waals surface area contributed by atoms with Crippen LogP contribution in [0, 0.1) is 0 Å². The monoisotopic (exact) mass is 785 g/mol. The summed E-state index contributed by atoms with van der Waals surface area (Å²) in [7, 11) is -1.36. The topological polar surface area (TPSA) is 11.8 Å². The summed E-state index contributed by atoms with van der Waals surface area (Å²) in [4.78, 5) is 0. The van der Waals surface area contributed by atoms with Gasteiger partial charge in [0, 0.05) is 29.0 Å². The van der Waals surface area contributed by atoms with Gasteiger partial charge >= 0.3 is 0 Å². The molecular weight excluding hydrogens is 731 g/mol. The number of fused-ring (bicyclic) bond motifs is 11. The summed E-state index contributed by atoms with van der Waals surface area (Å²) < 4.78 is 7.80. The molecule has 0 fully saturated rings. The number of hydrogen-bond acceptors (Lipinski definition) is 0. The van der Waals surface area contributed by atoms with Gasteiger partial charge in [-0.05, 0) is 93.7 Å². The van der Waals surface area contributed by atoms with E-state index in [2.05, 4.69) is 199 Å². The van der Waals surface area contributed by atoms with Crippen molar-refractivity contribution in [1.29, 1.82) is 0 Å². The third kappa shape index (κ3) is 6.14. The van der Waals surface area contributed by atoms with Crippen molar-refractivity contribution in [3.63, 3.8) is 0 Å². The predicted molar refractivity (Wildman–Crippen MR) is 251 cm³/mol. The third-order valence-electron chi connectivity index (χ3n) is 13.7. The van der Waals surface area contributed by atoms with Crippen LogP contribution in [0.1, 0.15) is 60.4 Å². The van der Waals surface area contributed by atoms with Crippen LogP contribution in [-0.2, 0) is 11.8 Å². The number of aryl methyl sites for hydroxylation is 1. The average molecular weight is 786 g/mol. The minimum atomic E-state index is -1.36. The van der Waals surface area contributed by atoms with Crippen LogP contribution in [0.5, 0.6) is 0 Å². The van der Waals surface area contributed by atoms with Crippen LogP contribution in [0.25, 0.3) is 56.1 Å². The molecule has 0 N–H and O–H groups in total. The number of aromatic nitrogens is 2. The van der Waals surface area contributed by atoms with Gasteiger partial charge in [0.2, 0.25) is 5.71 Å². The van der Waals surface area contributed by atoms with E-state index in [1.165, 1.54) is 84.2 Å². The van der Waals surface area contributed by atoms with Crippen molar-refractivity contribution in [3.8, 4) is 39.3 Å². The Morgan fingerprint density at radius 2 is 1.41 bits per heavy atom. The Kier molecular flexibility index (Phi) is 8.99. The molecule has 1 aliphatic carbocycles. The highest BCUT2D eigenvalue weighted by Crippen LogP contribution is 2.51. The SMILES string of the molecule is C=CC1=[N+](CC[Si](C)(C)C)C2CC(=C)n3c([n+](-c4ccc(-c5ccccc5)cc4)c4ccccc43)-c3cc4c(cc3CCC2c2ccccc21)C(C)(C)c1ccccc1-4. The molecule has 0 saturated heterocycles. The first-order valence-corrected chi connectivity index (χ1v) is 25.3. The molecule has 292 valence electrons. The molecule has 2 unspecified atom stereocenters. The van der Waals surface area contributed by atoms with Crippen molar-refractivity contribution in [1.82, 2.24) is 4.57 Å². The fourth-order valence-electron chi connectivity index (χ4n) is 10.7. The number of imidazole rings is 1. The molecule has 1 aromatic heterocycles. The predicted octanol–water partition coefficient (Wildman–Crippen LogP) is 12.9. The Balaban J connectivity index is 1.25. The zero-order valence-electron chi connectivity index (χ0n) is 35.3. The van der Waals surface area contributed by atoms with Crippen molar-refractivity contribution in [2.75, 3.05) is 6.54 Å². The summed E-state index contributed by atoms with van der Waals surface area (Å²) in [5, 5.41) is 0. The van der Waals surface area contributed by atoms with Crippen LogP contribution in [0.15, 0.2) is 159 Å². The van der Waals surface area contributed by atoms with Gasteiger partial charge in [-0.2, -0.15) is 9.13 Å². The van der Waals surface area contributed by atoms with Gasteiger partial charge in [0.25, 0.3) is 5.82 Å². The first-order valence-electron chi connectivity index (χ1n) is 21.6. The van der Waals surface area contributed by atoms with Crippen molar-refractivity contribution >= 4 is 30.5 Å². The number of benzene rings is 6. The van der Waals surface area contributed by atoms with Crippen molar-refractivity contribution in [3.05, 3.63) is 187 Å². The maximum Gasteiger partial charge on any atom is 0.300 e. The summed E-state index contributed by atoms with van der Waals surface area (Å²) in [6.07, 6.45) is 4.99. The lowest BCUT2D eigenvalue weighted by Crippen LogP contribution is -2.44. The van der Waals surface area contributed by atoms with Gasteiger partial charge in [-0.25, -0.2) is 4.58 Å². The lowest BCUT2D eigenvalue weighted by Gasteiger charge is -2.34. The first kappa shape index (κ1) is 37.4. The second-order valence-electron chi connectivity index (χ2n) is 18.8. The zero-order chi connectivity index (χ0) is 40.6. The summed E-state index contributed by atoms with van der Waals surface area (Å²) in [5.41, 5.74) is 19.3. The van der Waals surface area contributed by atoms with Crippen LogP contribution in [0.2, 0.25) is 25.7 Å². The molecule has 0 radical (unpaired) electrons. The second-order valence-corrected chi connectivity index (χ2v) is 24.4. The smallest absolute Gasteiger partial charge is 0.226 e. The molecule has 6 aromatic carbocycles. The lowest BCUT2D eigenvalue weighted by atomic mass is 9.76. The van der Waals surface area contributed by atoms with Gasteiger partial charge in [0.1, 0.15) is 17.9 Å². The number of allylic oxidation sites excluding steroid dienone is 1. The molecule has 3 heterocycles. The molecule has 59 heavy (non-hydrogen) atoms. The minimum absolute atomic E-state index is 0.0999. The Morgan fingerprint density at radius 1 is 0.729 bits per heavy atom. The molecule has 2 aliphatic heterocycles. The van der Waals surface area contributed by atoms with E-state index < -0.39 is 8.07 Å². The minimum Gasteiger partial charge on any atom is -0.226 e. The van der Waals surface area contributed by atoms with E-state index in [0.29, 0.717) is 5.92 Å². The van der Waals surface area contributed by atoms with Crippen molar-refractivity contribution in [2.24, 2.45) is 0 Å². The number of rotatable bonds is 6. The van der Waals surface area contributed by atoms with Crippen molar-refractivity contribution in [2.45, 2.75) is 76.2 Å². The van der Waals surface area contributed by atoms with Gasteiger partial charge in [-0.3, -0.25) is 0 Å². The number of para-hydroxylation sites is 2. The quantitative estimate of drug-likeness (QED) is 0.118. The Bertz CT molecular complexity index is 2850. The van der Waals surface area contributed by atoms with E-state index in [-0.39, 0.29) is 11.5 Å². The zero-order valence-corrected chi connectivity index (χ0v) is 36.3. The van der Waals surface area contributed by atoms with Crippen LogP contribution in [0.4, 0.5) is 0 Å². The van der Waals surface area contributed by atoms with Crippen LogP contribution >= 0.6 is 0 Å². The molecule has 0 amide bonds.